The quantitative estimate of drug-likeness (QED) is 0.927. The molecule has 4 rings (SSSR count). The molecule has 0 radical (unpaired) electrons. The summed E-state index contributed by atoms with van der Waals surface area (Å²) in [6.07, 6.45) is 6.20. The van der Waals surface area contributed by atoms with E-state index in [1.165, 1.54) is 19.3 Å². The molecule has 1 aromatic rings. The molecule has 0 aromatic carbocycles. The van der Waals surface area contributed by atoms with Gasteiger partial charge in [0.25, 0.3) is 0 Å². The number of nitrogens with one attached hydrogen (secondary N) is 1. The van der Waals surface area contributed by atoms with E-state index in [2.05, 4.69) is 41.2 Å². The van der Waals surface area contributed by atoms with Crippen molar-refractivity contribution in [1.29, 1.82) is 0 Å². The van der Waals surface area contributed by atoms with Crippen molar-refractivity contribution in [1.82, 2.24) is 4.98 Å². The Morgan fingerprint density at radius 1 is 1.29 bits per heavy atom. The highest BCUT2D eigenvalue weighted by Gasteiger charge is 2.59. The van der Waals surface area contributed by atoms with E-state index < -0.39 is 0 Å². The minimum atomic E-state index is 0.217. The normalized spacial score (nSPS) is 33.6. The number of hydrogen-bond acceptors (Lipinski definition) is 4. The molecule has 1 aromatic heterocycles. The van der Waals surface area contributed by atoms with Crippen molar-refractivity contribution in [3.05, 3.63) is 18.3 Å². The van der Waals surface area contributed by atoms with Gasteiger partial charge in [-0.1, -0.05) is 13.8 Å². The van der Waals surface area contributed by atoms with Crippen LogP contribution >= 0.6 is 0 Å². The van der Waals surface area contributed by atoms with Gasteiger partial charge in [-0.15, -0.1) is 0 Å². The van der Waals surface area contributed by atoms with Crippen molar-refractivity contribution >= 4 is 11.5 Å². The van der Waals surface area contributed by atoms with E-state index >= 15 is 0 Å². The summed E-state index contributed by atoms with van der Waals surface area (Å²) < 4.78 is 5.86. The minimum absolute atomic E-state index is 0.217. The van der Waals surface area contributed by atoms with Crippen LogP contribution in [0.3, 0.4) is 0 Å². The topological polar surface area (TPSA) is 37.4 Å². The van der Waals surface area contributed by atoms with Crippen molar-refractivity contribution < 1.29 is 4.74 Å². The van der Waals surface area contributed by atoms with Crippen LogP contribution in [-0.4, -0.2) is 36.8 Å². The van der Waals surface area contributed by atoms with Gasteiger partial charge in [0.15, 0.2) is 0 Å². The number of aromatic nitrogens is 1. The fourth-order valence-electron chi connectivity index (χ4n) is 4.40. The molecule has 3 atom stereocenters. The molecule has 2 aliphatic heterocycles. The highest BCUT2D eigenvalue weighted by Crippen LogP contribution is 2.53. The zero-order valence-corrected chi connectivity index (χ0v) is 13.0. The van der Waals surface area contributed by atoms with Crippen molar-refractivity contribution in [3.63, 3.8) is 0 Å². The third kappa shape index (κ3) is 2.11. The van der Waals surface area contributed by atoms with E-state index in [9.17, 15) is 0 Å². The van der Waals surface area contributed by atoms with Gasteiger partial charge in [0.1, 0.15) is 5.82 Å². The maximum atomic E-state index is 5.86. The third-order valence-electron chi connectivity index (χ3n) is 5.60. The molecule has 1 saturated carbocycles. The van der Waals surface area contributed by atoms with Crippen molar-refractivity contribution in [2.45, 2.75) is 45.3 Å². The first-order valence-corrected chi connectivity index (χ1v) is 8.25. The Morgan fingerprint density at radius 3 is 2.81 bits per heavy atom. The predicted molar refractivity (Wildman–Crippen MR) is 84.7 cm³/mol. The van der Waals surface area contributed by atoms with Crippen LogP contribution in [-0.2, 0) is 4.74 Å². The number of nitrogens with zero attached hydrogens (tertiary/aromatic N) is 2. The molecule has 1 aliphatic carbocycles. The van der Waals surface area contributed by atoms with E-state index in [1.54, 1.807) is 0 Å². The summed E-state index contributed by atoms with van der Waals surface area (Å²) in [5.74, 6) is 1.78. The van der Waals surface area contributed by atoms with Crippen LogP contribution in [0.1, 0.15) is 33.1 Å². The molecule has 1 N–H and O–H groups in total. The molecule has 0 amide bonds. The second-order valence-electron chi connectivity index (χ2n) is 7.29. The van der Waals surface area contributed by atoms with E-state index in [0.717, 1.165) is 31.2 Å². The largest absolute Gasteiger partial charge is 0.380 e. The van der Waals surface area contributed by atoms with E-state index in [4.69, 9.17) is 4.74 Å². The third-order valence-corrected chi connectivity index (χ3v) is 5.60. The molecule has 21 heavy (non-hydrogen) atoms. The Morgan fingerprint density at radius 2 is 2.10 bits per heavy atom. The summed E-state index contributed by atoms with van der Waals surface area (Å²) in [7, 11) is 0. The van der Waals surface area contributed by atoms with Crippen LogP contribution in [0.25, 0.3) is 0 Å². The Kier molecular flexibility index (Phi) is 3.10. The van der Waals surface area contributed by atoms with Crippen molar-refractivity contribution in [2.75, 3.05) is 29.9 Å². The van der Waals surface area contributed by atoms with Crippen LogP contribution < -0.4 is 10.2 Å². The SMILES string of the molecule is CC1(C)C(Nc2ccc(N3CCCC3)nc2)C2CCOC21. The molecular weight excluding hydrogens is 262 g/mol. The second-order valence-corrected chi connectivity index (χ2v) is 7.29. The molecule has 4 nitrogen and oxygen atoms in total. The summed E-state index contributed by atoms with van der Waals surface area (Å²) in [6.45, 7) is 7.84. The summed E-state index contributed by atoms with van der Waals surface area (Å²) in [6, 6.07) is 4.84. The maximum Gasteiger partial charge on any atom is 0.128 e. The van der Waals surface area contributed by atoms with Crippen molar-refractivity contribution in [3.8, 4) is 0 Å². The van der Waals surface area contributed by atoms with Crippen LogP contribution in [0, 0.1) is 11.3 Å². The maximum absolute atomic E-state index is 5.86. The zero-order chi connectivity index (χ0) is 14.4. The van der Waals surface area contributed by atoms with Gasteiger partial charge in [-0.3, -0.25) is 0 Å². The Balaban J connectivity index is 1.45. The first kappa shape index (κ1) is 13.4. The lowest BCUT2D eigenvalue weighted by Gasteiger charge is -2.55. The van der Waals surface area contributed by atoms with Gasteiger partial charge >= 0.3 is 0 Å². The van der Waals surface area contributed by atoms with Gasteiger partial charge in [0, 0.05) is 37.1 Å². The van der Waals surface area contributed by atoms with Gasteiger partial charge in [-0.05, 0) is 31.4 Å². The second kappa shape index (κ2) is 4.87. The standard InChI is InChI=1S/C17H25N3O/c1-17(2)15(13-7-10-21-16(13)17)19-12-5-6-14(18-11-12)20-8-3-4-9-20/h5-6,11,13,15-16,19H,3-4,7-10H2,1-2H3. The van der Waals surface area contributed by atoms with E-state index in [0.29, 0.717) is 18.1 Å². The molecule has 3 aliphatic rings. The van der Waals surface area contributed by atoms with Crippen LogP contribution in [0.4, 0.5) is 11.5 Å². The smallest absolute Gasteiger partial charge is 0.128 e. The average molecular weight is 287 g/mol. The number of anilines is 2. The number of rotatable bonds is 3. The average Bonchev–Trinajstić information content (AvgIpc) is 3.16. The molecule has 4 heteroatoms. The molecule has 2 saturated heterocycles. The Hall–Kier alpha value is -1.29. The fraction of sp³-hybridized carbons (Fsp3) is 0.706. The number of ether oxygens (including phenoxy) is 1. The number of pyridine rings is 1. The number of hydrogen-bond donors (Lipinski definition) is 1. The Bertz CT molecular complexity index is 507. The lowest BCUT2D eigenvalue weighted by molar-refractivity contribution is -0.0923. The molecular formula is C17H25N3O. The van der Waals surface area contributed by atoms with Crippen molar-refractivity contribution in [2.24, 2.45) is 11.3 Å². The molecule has 3 unspecified atom stereocenters. The van der Waals surface area contributed by atoms with Gasteiger partial charge in [-0.25, -0.2) is 4.98 Å². The summed E-state index contributed by atoms with van der Waals surface area (Å²) in [4.78, 5) is 7.01. The Labute approximate surface area is 126 Å². The molecule has 3 heterocycles. The molecule has 114 valence electrons. The molecule has 3 fully saturated rings. The van der Waals surface area contributed by atoms with E-state index in [1.807, 2.05) is 6.20 Å². The van der Waals surface area contributed by atoms with E-state index in [-0.39, 0.29) is 5.41 Å². The first-order chi connectivity index (χ1) is 10.2. The highest BCUT2D eigenvalue weighted by atomic mass is 16.5. The zero-order valence-electron chi connectivity index (χ0n) is 13.0. The highest BCUT2D eigenvalue weighted by molar-refractivity contribution is 5.50. The lowest BCUT2D eigenvalue weighted by Crippen LogP contribution is -2.63. The van der Waals surface area contributed by atoms with Crippen LogP contribution in [0.2, 0.25) is 0 Å². The fourth-order valence-corrected chi connectivity index (χ4v) is 4.40. The molecule has 0 bridgehead atoms. The monoisotopic (exact) mass is 287 g/mol. The van der Waals surface area contributed by atoms with Crippen LogP contribution in [0.15, 0.2) is 18.3 Å². The van der Waals surface area contributed by atoms with Gasteiger partial charge in [0.2, 0.25) is 0 Å². The summed E-state index contributed by atoms with van der Waals surface area (Å²) in [5, 5.41) is 3.70. The van der Waals surface area contributed by atoms with Gasteiger partial charge in [-0.2, -0.15) is 0 Å². The summed E-state index contributed by atoms with van der Waals surface area (Å²) in [5.41, 5.74) is 1.36. The molecule has 0 spiro atoms. The predicted octanol–water partition coefficient (Wildman–Crippen LogP) is 2.91. The summed E-state index contributed by atoms with van der Waals surface area (Å²) >= 11 is 0. The first-order valence-electron chi connectivity index (χ1n) is 8.25. The van der Waals surface area contributed by atoms with Gasteiger partial charge < -0.3 is 15.0 Å². The minimum Gasteiger partial charge on any atom is -0.380 e. The lowest BCUT2D eigenvalue weighted by atomic mass is 9.57. The van der Waals surface area contributed by atoms with Crippen LogP contribution in [0.5, 0.6) is 0 Å². The van der Waals surface area contributed by atoms with Gasteiger partial charge in [0.05, 0.1) is 18.0 Å². The number of fused-ring (bicyclic) bond motifs is 1.